The monoisotopic (exact) mass is 458 g/mol. The van der Waals surface area contributed by atoms with Crippen LogP contribution in [0.1, 0.15) is 36.7 Å². The van der Waals surface area contributed by atoms with E-state index in [1.54, 1.807) is 12.1 Å². The molecule has 0 saturated carbocycles. The number of esters is 1. The molecule has 1 aliphatic heterocycles. The Kier molecular flexibility index (Phi) is 7.40. The number of carbonyl (C=O) groups is 3. The molecule has 0 aliphatic carbocycles. The van der Waals surface area contributed by atoms with Crippen molar-refractivity contribution in [1.29, 1.82) is 0 Å². The molecule has 170 valence electrons. The van der Waals surface area contributed by atoms with Crippen molar-refractivity contribution in [1.82, 2.24) is 10.6 Å². The Bertz CT molecular complexity index is 1020. The smallest absolute Gasteiger partial charge is 0.337 e. The molecule has 2 amide bonds. The van der Waals surface area contributed by atoms with Gasteiger partial charge in [-0.05, 0) is 35.7 Å². The number of hydrogen-bond donors (Lipinski definition) is 2. The molecule has 2 atom stereocenters. The summed E-state index contributed by atoms with van der Waals surface area (Å²) < 4.78 is 10.9. The molecule has 0 bridgehead atoms. The SMILES string of the molecule is COC(=O)c1ccc(-c2cc(Cl)cc3c2OC(CNC(=O)C(NC(C)=O)C(C)C)C3)cc1. The van der Waals surface area contributed by atoms with E-state index in [2.05, 4.69) is 10.6 Å². The van der Waals surface area contributed by atoms with E-state index in [9.17, 15) is 14.4 Å². The molecule has 32 heavy (non-hydrogen) atoms. The van der Waals surface area contributed by atoms with Crippen molar-refractivity contribution in [3.05, 3.63) is 52.5 Å². The fourth-order valence-corrected chi connectivity index (χ4v) is 3.95. The third-order valence-electron chi connectivity index (χ3n) is 5.29. The van der Waals surface area contributed by atoms with E-state index in [4.69, 9.17) is 21.1 Å². The maximum absolute atomic E-state index is 12.6. The van der Waals surface area contributed by atoms with Crippen molar-refractivity contribution in [2.75, 3.05) is 13.7 Å². The topological polar surface area (TPSA) is 93.7 Å². The van der Waals surface area contributed by atoms with Gasteiger partial charge in [0.15, 0.2) is 0 Å². The summed E-state index contributed by atoms with van der Waals surface area (Å²) in [4.78, 5) is 35.7. The Morgan fingerprint density at radius 3 is 2.47 bits per heavy atom. The van der Waals surface area contributed by atoms with Crippen molar-refractivity contribution < 1.29 is 23.9 Å². The fraction of sp³-hybridized carbons (Fsp3) is 0.375. The molecule has 3 rings (SSSR count). The summed E-state index contributed by atoms with van der Waals surface area (Å²) in [6.07, 6.45) is 0.334. The predicted octanol–water partition coefficient (Wildman–Crippen LogP) is 3.37. The summed E-state index contributed by atoms with van der Waals surface area (Å²) in [5.41, 5.74) is 3.07. The normalized spacial score (nSPS) is 15.5. The van der Waals surface area contributed by atoms with Gasteiger partial charge >= 0.3 is 5.97 Å². The van der Waals surface area contributed by atoms with Gasteiger partial charge in [-0.25, -0.2) is 4.79 Å². The van der Waals surface area contributed by atoms with E-state index in [1.807, 2.05) is 38.1 Å². The van der Waals surface area contributed by atoms with Gasteiger partial charge in [0, 0.05) is 29.5 Å². The average Bonchev–Trinajstić information content (AvgIpc) is 3.17. The van der Waals surface area contributed by atoms with Crippen molar-refractivity contribution in [2.24, 2.45) is 5.92 Å². The van der Waals surface area contributed by atoms with Crippen molar-refractivity contribution in [3.63, 3.8) is 0 Å². The van der Waals surface area contributed by atoms with Gasteiger partial charge in [-0.1, -0.05) is 37.6 Å². The molecule has 0 spiro atoms. The maximum atomic E-state index is 12.6. The lowest BCUT2D eigenvalue weighted by atomic mass is 9.99. The van der Waals surface area contributed by atoms with E-state index < -0.39 is 12.0 Å². The Morgan fingerprint density at radius 1 is 1.19 bits per heavy atom. The molecular weight excluding hydrogens is 432 g/mol. The second kappa shape index (κ2) is 10.0. The minimum absolute atomic E-state index is 0.0426. The van der Waals surface area contributed by atoms with Gasteiger partial charge in [0.25, 0.3) is 0 Å². The van der Waals surface area contributed by atoms with Crippen LogP contribution in [0, 0.1) is 5.92 Å². The lowest BCUT2D eigenvalue weighted by Gasteiger charge is -2.22. The molecule has 1 aliphatic rings. The number of carbonyl (C=O) groups excluding carboxylic acids is 3. The second-order valence-corrected chi connectivity index (χ2v) is 8.56. The molecule has 2 aromatic carbocycles. The van der Waals surface area contributed by atoms with Crippen LogP contribution in [-0.4, -0.2) is 43.6 Å². The summed E-state index contributed by atoms with van der Waals surface area (Å²) in [5, 5.41) is 6.15. The van der Waals surface area contributed by atoms with Crippen LogP contribution in [0.4, 0.5) is 0 Å². The minimum atomic E-state index is -0.602. The maximum Gasteiger partial charge on any atom is 0.337 e. The van der Waals surface area contributed by atoms with Gasteiger partial charge in [-0.15, -0.1) is 0 Å². The standard InChI is InChI=1S/C24H27ClN2O5/c1-13(2)21(27-14(3)28)23(29)26-12-19-10-17-9-18(25)11-20(22(17)32-19)15-5-7-16(8-6-15)24(30)31-4/h5-9,11,13,19,21H,10,12H2,1-4H3,(H,26,29)(H,27,28). The largest absolute Gasteiger partial charge is 0.487 e. The highest BCUT2D eigenvalue weighted by Gasteiger charge is 2.29. The van der Waals surface area contributed by atoms with E-state index >= 15 is 0 Å². The average molecular weight is 459 g/mol. The van der Waals surface area contributed by atoms with Crippen LogP contribution in [-0.2, 0) is 20.7 Å². The zero-order valence-corrected chi connectivity index (χ0v) is 19.3. The van der Waals surface area contributed by atoms with Crippen molar-refractivity contribution >= 4 is 29.4 Å². The van der Waals surface area contributed by atoms with Crippen LogP contribution >= 0.6 is 11.6 Å². The molecule has 0 saturated heterocycles. The third-order valence-corrected chi connectivity index (χ3v) is 5.51. The molecule has 1 heterocycles. The molecule has 0 radical (unpaired) electrons. The highest BCUT2D eigenvalue weighted by molar-refractivity contribution is 6.31. The zero-order valence-electron chi connectivity index (χ0n) is 18.5. The first kappa shape index (κ1) is 23.6. The van der Waals surface area contributed by atoms with Crippen molar-refractivity contribution in [3.8, 4) is 16.9 Å². The number of nitrogens with one attached hydrogen (secondary N) is 2. The second-order valence-electron chi connectivity index (χ2n) is 8.12. The Labute approximate surface area is 192 Å². The third kappa shape index (κ3) is 5.40. The first-order valence-corrected chi connectivity index (χ1v) is 10.8. The summed E-state index contributed by atoms with van der Waals surface area (Å²) in [6.45, 7) is 5.45. The summed E-state index contributed by atoms with van der Waals surface area (Å²) in [6, 6.07) is 10.1. The van der Waals surface area contributed by atoms with Gasteiger partial charge in [0.1, 0.15) is 17.9 Å². The van der Waals surface area contributed by atoms with E-state index in [-0.39, 0.29) is 23.8 Å². The zero-order chi connectivity index (χ0) is 23.4. The van der Waals surface area contributed by atoms with Gasteiger partial charge in [-0.3, -0.25) is 9.59 Å². The van der Waals surface area contributed by atoms with Crippen LogP contribution in [0.15, 0.2) is 36.4 Å². The summed E-state index contributed by atoms with van der Waals surface area (Å²) in [7, 11) is 1.34. The highest BCUT2D eigenvalue weighted by Crippen LogP contribution is 2.41. The molecule has 8 heteroatoms. The quantitative estimate of drug-likeness (QED) is 0.620. The Balaban J connectivity index is 1.73. The Morgan fingerprint density at radius 2 is 1.88 bits per heavy atom. The van der Waals surface area contributed by atoms with Gasteiger partial charge in [-0.2, -0.15) is 0 Å². The molecule has 2 N–H and O–H groups in total. The molecule has 0 aromatic heterocycles. The van der Waals surface area contributed by atoms with E-state index in [0.717, 1.165) is 16.7 Å². The van der Waals surface area contributed by atoms with Gasteiger partial charge in [0.2, 0.25) is 11.8 Å². The van der Waals surface area contributed by atoms with Gasteiger partial charge in [0.05, 0.1) is 19.2 Å². The van der Waals surface area contributed by atoms with Crippen molar-refractivity contribution in [2.45, 2.75) is 39.3 Å². The number of methoxy groups -OCH3 is 1. The molecule has 2 unspecified atom stereocenters. The summed E-state index contributed by atoms with van der Waals surface area (Å²) in [5.74, 6) is -0.230. The van der Waals surface area contributed by atoms with Crippen LogP contribution in [0.5, 0.6) is 5.75 Å². The number of rotatable bonds is 7. The Hall–Kier alpha value is -3.06. The van der Waals surface area contributed by atoms with E-state index in [0.29, 0.717) is 29.3 Å². The first-order chi connectivity index (χ1) is 15.2. The number of benzene rings is 2. The first-order valence-electron chi connectivity index (χ1n) is 10.4. The minimum Gasteiger partial charge on any atom is -0.487 e. The molecule has 7 nitrogen and oxygen atoms in total. The van der Waals surface area contributed by atoms with Crippen LogP contribution < -0.4 is 15.4 Å². The summed E-state index contributed by atoms with van der Waals surface area (Å²) >= 11 is 6.34. The van der Waals surface area contributed by atoms with E-state index in [1.165, 1.54) is 14.0 Å². The number of ether oxygens (including phenoxy) is 2. The number of hydrogen-bond acceptors (Lipinski definition) is 5. The lowest BCUT2D eigenvalue weighted by Crippen LogP contribution is -2.50. The highest BCUT2D eigenvalue weighted by atomic mass is 35.5. The fourth-order valence-electron chi connectivity index (χ4n) is 3.70. The van der Waals surface area contributed by atoms with Crippen LogP contribution in [0.25, 0.3) is 11.1 Å². The van der Waals surface area contributed by atoms with Gasteiger partial charge < -0.3 is 20.1 Å². The lowest BCUT2D eigenvalue weighted by molar-refractivity contribution is -0.129. The number of halogens is 1. The molecule has 2 aromatic rings. The number of amides is 2. The predicted molar refractivity (Wildman–Crippen MR) is 122 cm³/mol. The van der Waals surface area contributed by atoms with Crippen LogP contribution in [0.2, 0.25) is 5.02 Å². The molecular formula is C24H27ClN2O5. The van der Waals surface area contributed by atoms with Crippen LogP contribution in [0.3, 0.4) is 0 Å². The molecule has 0 fully saturated rings. The number of fused-ring (bicyclic) bond motifs is 1.